The second kappa shape index (κ2) is 7.07. The van der Waals surface area contributed by atoms with Crippen molar-refractivity contribution in [2.75, 3.05) is 13.7 Å². The fourth-order valence-electron chi connectivity index (χ4n) is 3.20. The first-order chi connectivity index (χ1) is 11.9. The number of benzene rings is 2. The van der Waals surface area contributed by atoms with Crippen LogP contribution in [0.1, 0.15) is 24.0 Å². The molecule has 0 fully saturated rings. The Balaban J connectivity index is 1.85. The van der Waals surface area contributed by atoms with Crippen LogP contribution in [0.4, 0.5) is 0 Å². The Morgan fingerprint density at radius 1 is 1.28 bits per heavy atom. The summed E-state index contributed by atoms with van der Waals surface area (Å²) in [6.07, 6.45) is 2.13. The van der Waals surface area contributed by atoms with Crippen molar-refractivity contribution in [3.63, 3.8) is 0 Å². The molecule has 2 aromatic rings. The predicted molar refractivity (Wildman–Crippen MR) is 99.2 cm³/mol. The van der Waals surface area contributed by atoms with Crippen molar-refractivity contribution >= 4 is 26.0 Å². The lowest BCUT2D eigenvalue weighted by atomic mass is 9.79. The second-order valence-corrected chi connectivity index (χ2v) is 8.75. The highest BCUT2D eigenvalue weighted by atomic mass is 79.9. The maximum atomic E-state index is 12.6. The number of ether oxygens (including phenoxy) is 1. The van der Waals surface area contributed by atoms with Gasteiger partial charge in [-0.1, -0.05) is 18.2 Å². The normalized spacial score (nSPS) is 20.1. The molecule has 0 aromatic heterocycles. The first-order valence-corrected chi connectivity index (χ1v) is 10.3. The third kappa shape index (κ3) is 3.74. The molecule has 0 radical (unpaired) electrons. The molecule has 0 amide bonds. The zero-order valence-electron chi connectivity index (χ0n) is 13.8. The average Bonchev–Trinajstić information content (AvgIpc) is 2.60. The number of halogens is 1. The van der Waals surface area contributed by atoms with Gasteiger partial charge in [-0.15, -0.1) is 0 Å². The Kier molecular flexibility index (Phi) is 5.20. The van der Waals surface area contributed by atoms with E-state index in [1.54, 1.807) is 31.4 Å². The number of hydrogen-bond donors (Lipinski definition) is 2. The number of hydrogen-bond acceptors (Lipinski definition) is 4. The maximum absolute atomic E-state index is 12.6. The molecule has 0 heterocycles. The Bertz CT molecular complexity index is 884. The van der Waals surface area contributed by atoms with E-state index in [9.17, 15) is 13.5 Å². The van der Waals surface area contributed by atoms with Crippen molar-refractivity contribution in [3.8, 4) is 5.75 Å². The van der Waals surface area contributed by atoms with Crippen molar-refractivity contribution in [2.45, 2.75) is 29.8 Å². The maximum Gasteiger partial charge on any atom is 0.241 e. The monoisotopic (exact) mass is 425 g/mol. The van der Waals surface area contributed by atoms with E-state index in [2.05, 4.69) is 20.7 Å². The summed E-state index contributed by atoms with van der Waals surface area (Å²) in [6, 6.07) is 12.1. The highest BCUT2D eigenvalue weighted by molar-refractivity contribution is 9.10. The van der Waals surface area contributed by atoms with Gasteiger partial charge in [0.2, 0.25) is 10.0 Å². The van der Waals surface area contributed by atoms with Crippen molar-refractivity contribution in [2.24, 2.45) is 0 Å². The fourth-order valence-corrected chi connectivity index (χ4v) is 5.29. The van der Waals surface area contributed by atoms with Crippen molar-refractivity contribution in [3.05, 3.63) is 58.1 Å². The lowest BCUT2D eigenvalue weighted by Gasteiger charge is -2.34. The van der Waals surface area contributed by atoms with Crippen LogP contribution in [0.5, 0.6) is 5.75 Å². The molecular formula is C18H20BrNO4S. The number of nitrogens with one attached hydrogen (secondary N) is 1. The van der Waals surface area contributed by atoms with Crippen LogP contribution in [0.2, 0.25) is 0 Å². The zero-order valence-corrected chi connectivity index (χ0v) is 16.2. The van der Waals surface area contributed by atoms with Crippen molar-refractivity contribution in [1.82, 2.24) is 4.72 Å². The minimum Gasteiger partial charge on any atom is -0.497 e. The third-order valence-corrected chi connectivity index (χ3v) is 6.94. The topological polar surface area (TPSA) is 75.6 Å². The quantitative estimate of drug-likeness (QED) is 0.771. The Labute approximate surface area is 156 Å². The molecule has 0 bridgehead atoms. The van der Waals surface area contributed by atoms with E-state index in [0.29, 0.717) is 10.9 Å². The second-order valence-electron chi connectivity index (χ2n) is 6.16. The van der Waals surface area contributed by atoms with Gasteiger partial charge in [-0.2, -0.15) is 0 Å². The predicted octanol–water partition coefficient (Wildman–Crippen LogP) is 2.96. The summed E-state index contributed by atoms with van der Waals surface area (Å²) < 4.78 is 33.4. The third-order valence-electron chi connectivity index (χ3n) is 4.53. The van der Waals surface area contributed by atoms with E-state index in [4.69, 9.17) is 4.74 Å². The molecule has 1 aliphatic carbocycles. The van der Waals surface area contributed by atoms with Gasteiger partial charge in [0.05, 0.1) is 12.0 Å². The summed E-state index contributed by atoms with van der Waals surface area (Å²) >= 11 is 3.26. The molecule has 25 heavy (non-hydrogen) atoms. The molecular weight excluding hydrogens is 406 g/mol. The molecule has 2 aromatic carbocycles. The number of aliphatic hydroxyl groups is 1. The molecule has 0 saturated heterocycles. The van der Waals surface area contributed by atoms with Crippen LogP contribution < -0.4 is 9.46 Å². The molecule has 0 aliphatic heterocycles. The molecule has 2 N–H and O–H groups in total. The van der Waals surface area contributed by atoms with Gasteiger partial charge in [0.25, 0.3) is 0 Å². The molecule has 1 aliphatic rings. The van der Waals surface area contributed by atoms with Gasteiger partial charge in [0, 0.05) is 11.0 Å². The summed E-state index contributed by atoms with van der Waals surface area (Å²) in [5.41, 5.74) is 0.524. The van der Waals surface area contributed by atoms with E-state index < -0.39 is 15.6 Å². The average molecular weight is 426 g/mol. The van der Waals surface area contributed by atoms with Crippen LogP contribution in [-0.4, -0.2) is 27.2 Å². The van der Waals surface area contributed by atoms with E-state index in [-0.39, 0.29) is 11.4 Å². The van der Waals surface area contributed by atoms with E-state index in [1.807, 2.05) is 12.1 Å². The summed E-state index contributed by atoms with van der Waals surface area (Å²) in [6.45, 7) is -0.0734. The number of methoxy groups -OCH3 is 1. The lowest BCUT2D eigenvalue weighted by molar-refractivity contribution is 0.0242. The van der Waals surface area contributed by atoms with Crippen LogP contribution in [0.15, 0.2) is 51.8 Å². The molecule has 0 spiro atoms. The van der Waals surface area contributed by atoms with Crippen LogP contribution in [0.3, 0.4) is 0 Å². The van der Waals surface area contributed by atoms with Crippen LogP contribution in [0.25, 0.3) is 0 Å². The minimum absolute atomic E-state index is 0.0734. The minimum atomic E-state index is -3.73. The highest BCUT2D eigenvalue weighted by Gasteiger charge is 2.36. The first kappa shape index (κ1) is 18.4. The molecule has 0 saturated carbocycles. The molecule has 0 unspecified atom stereocenters. The van der Waals surface area contributed by atoms with Crippen molar-refractivity contribution in [1.29, 1.82) is 0 Å². The highest BCUT2D eigenvalue weighted by Crippen LogP contribution is 2.37. The van der Waals surface area contributed by atoms with Gasteiger partial charge in [0.15, 0.2) is 0 Å². The van der Waals surface area contributed by atoms with Crippen LogP contribution in [-0.2, 0) is 22.0 Å². The van der Waals surface area contributed by atoms with Gasteiger partial charge < -0.3 is 9.84 Å². The van der Waals surface area contributed by atoms with Gasteiger partial charge in [-0.25, -0.2) is 13.1 Å². The lowest BCUT2D eigenvalue weighted by Crippen LogP contribution is -2.43. The number of fused-ring (bicyclic) bond motifs is 1. The van der Waals surface area contributed by atoms with Gasteiger partial charge in [-0.05, 0) is 70.6 Å². The summed E-state index contributed by atoms with van der Waals surface area (Å²) in [5.74, 6) is 0.733. The smallest absolute Gasteiger partial charge is 0.241 e. The summed E-state index contributed by atoms with van der Waals surface area (Å²) in [4.78, 5) is 0.157. The van der Waals surface area contributed by atoms with Crippen LogP contribution >= 0.6 is 15.9 Å². The van der Waals surface area contributed by atoms with Gasteiger partial charge in [0.1, 0.15) is 11.4 Å². The standard InChI is InChI=1S/C18H20BrNO4S/c1-24-14-8-9-15-13(11-14)5-4-10-18(15,21)12-20-25(22,23)17-7-3-2-6-16(17)19/h2-3,6-9,11,20-21H,4-5,10,12H2,1H3/t18-/m1/s1. The van der Waals surface area contributed by atoms with E-state index >= 15 is 0 Å². The largest absolute Gasteiger partial charge is 0.497 e. The molecule has 7 heteroatoms. The van der Waals surface area contributed by atoms with E-state index in [1.165, 1.54) is 6.07 Å². The van der Waals surface area contributed by atoms with Gasteiger partial charge in [-0.3, -0.25) is 0 Å². The molecule has 1 atom stereocenters. The summed E-state index contributed by atoms with van der Waals surface area (Å²) in [5, 5.41) is 11.1. The number of sulfonamides is 1. The zero-order chi connectivity index (χ0) is 18.1. The van der Waals surface area contributed by atoms with Crippen molar-refractivity contribution < 1.29 is 18.3 Å². The van der Waals surface area contributed by atoms with Crippen LogP contribution in [0, 0.1) is 0 Å². The Morgan fingerprint density at radius 3 is 2.76 bits per heavy atom. The van der Waals surface area contributed by atoms with Gasteiger partial charge >= 0.3 is 0 Å². The fraction of sp³-hybridized carbons (Fsp3) is 0.333. The Hall–Kier alpha value is -1.41. The van der Waals surface area contributed by atoms with E-state index in [0.717, 1.165) is 29.7 Å². The molecule has 5 nitrogen and oxygen atoms in total. The molecule has 3 rings (SSSR count). The number of aryl methyl sites for hydroxylation is 1. The SMILES string of the molecule is COc1ccc2c(c1)CCC[C@@]2(O)CNS(=O)(=O)c1ccccc1Br. The number of rotatable bonds is 5. The first-order valence-electron chi connectivity index (χ1n) is 8.00. The molecule has 134 valence electrons. The summed E-state index contributed by atoms with van der Waals surface area (Å²) in [7, 11) is -2.13. The Morgan fingerprint density at radius 2 is 2.04 bits per heavy atom.